The van der Waals surface area contributed by atoms with Crippen LogP contribution >= 0.6 is 22.9 Å². The number of halogens is 1. The molecule has 1 N–H and O–H groups in total. The number of alkyl halides is 1. The summed E-state index contributed by atoms with van der Waals surface area (Å²) in [6.45, 7) is 1.99. The molecule has 0 bridgehead atoms. The summed E-state index contributed by atoms with van der Waals surface area (Å²) >= 11 is 7.57. The zero-order valence-corrected chi connectivity index (χ0v) is 16.2. The third-order valence-electron chi connectivity index (χ3n) is 3.91. The molecule has 0 radical (unpaired) electrons. The Bertz CT molecular complexity index is 925. The minimum absolute atomic E-state index is 0.248. The second-order valence-corrected chi connectivity index (χ2v) is 7.02. The first-order valence-electron chi connectivity index (χ1n) is 8.45. The summed E-state index contributed by atoms with van der Waals surface area (Å²) in [5.74, 6) is -0.867. The maximum atomic E-state index is 12.6. The van der Waals surface area contributed by atoms with Gasteiger partial charge in [-0.2, -0.15) is 0 Å². The third-order valence-corrected chi connectivity index (χ3v) is 5.26. The smallest absolute Gasteiger partial charge is 0.341 e. The van der Waals surface area contributed by atoms with E-state index in [1.807, 2.05) is 53.9 Å². The van der Waals surface area contributed by atoms with Crippen molar-refractivity contribution in [2.75, 3.05) is 11.9 Å². The van der Waals surface area contributed by atoms with Crippen molar-refractivity contribution in [2.24, 2.45) is 0 Å². The van der Waals surface area contributed by atoms with Crippen LogP contribution in [-0.2, 0) is 9.53 Å². The molecule has 1 heterocycles. The molecule has 6 heteroatoms. The maximum Gasteiger partial charge on any atom is 0.341 e. The largest absolute Gasteiger partial charge is 0.462 e. The predicted molar refractivity (Wildman–Crippen MR) is 109 cm³/mol. The number of esters is 1. The second kappa shape index (κ2) is 8.84. The van der Waals surface area contributed by atoms with Crippen molar-refractivity contribution >= 4 is 39.8 Å². The van der Waals surface area contributed by atoms with Gasteiger partial charge in [0.1, 0.15) is 15.9 Å². The highest BCUT2D eigenvalue weighted by Crippen LogP contribution is 2.37. The van der Waals surface area contributed by atoms with E-state index in [1.165, 1.54) is 11.3 Å². The Hall–Kier alpha value is -2.63. The highest BCUT2D eigenvalue weighted by atomic mass is 35.5. The predicted octanol–water partition coefficient (Wildman–Crippen LogP) is 5.51. The molecule has 27 heavy (non-hydrogen) atoms. The number of thiophene rings is 1. The molecular formula is C21H18ClNO3S. The summed E-state index contributed by atoms with van der Waals surface area (Å²) in [5.41, 5.74) is 2.63. The summed E-state index contributed by atoms with van der Waals surface area (Å²) in [4.78, 5) is 25.1. The van der Waals surface area contributed by atoms with Gasteiger partial charge in [-0.05, 0) is 18.1 Å². The van der Waals surface area contributed by atoms with E-state index >= 15 is 0 Å². The molecule has 3 aromatic rings. The summed E-state index contributed by atoms with van der Waals surface area (Å²) < 4.78 is 5.20. The molecule has 0 spiro atoms. The van der Waals surface area contributed by atoms with E-state index in [0.717, 1.165) is 11.1 Å². The highest BCUT2D eigenvalue weighted by Gasteiger charge is 2.25. The molecule has 0 fully saturated rings. The van der Waals surface area contributed by atoms with E-state index in [9.17, 15) is 9.59 Å². The zero-order valence-electron chi connectivity index (χ0n) is 14.6. The number of hydrogen-bond acceptors (Lipinski definition) is 4. The number of carbonyl (C=O) groups is 2. The minimum atomic E-state index is -0.858. The summed E-state index contributed by atoms with van der Waals surface area (Å²) in [6, 6.07) is 18.6. The second-order valence-electron chi connectivity index (χ2n) is 5.70. The molecule has 2 aromatic carbocycles. The highest BCUT2D eigenvalue weighted by molar-refractivity contribution is 7.15. The van der Waals surface area contributed by atoms with Crippen molar-refractivity contribution in [1.29, 1.82) is 0 Å². The summed E-state index contributed by atoms with van der Waals surface area (Å²) in [5, 5.41) is 4.19. The van der Waals surface area contributed by atoms with Gasteiger partial charge in [-0.15, -0.1) is 22.9 Å². The van der Waals surface area contributed by atoms with Gasteiger partial charge >= 0.3 is 5.97 Å². The first-order chi connectivity index (χ1) is 13.1. The van der Waals surface area contributed by atoms with Crippen molar-refractivity contribution in [1.82, 2.24) is 0 Å². The van der Waals surface area contributed by atoms with Crippen LogP contribution in [0.25, 0.3) is 11.1 Å². The van der Waals surface area contributed by atoms with Crippen LogP contribution in [0.4, 0.5) is 5.00 Å². The maximum absolute atomic E-state index is 12.6. The van der Waals surface area contributed by atoms with Gasteiger partial charge in [-0.1, -0.05) is 60.7 Å². The molecule has 138 valence electrons. The van der Waals surface area contributed by atoms with Crippen LogP contribution in [-0.4, -0.2) is 18.5 Å². The van der Waals surface area contributed by atoms with Crippen molar-refractivity contribution in [3.05, 3.63) is 77.2 Å². The fourth-order valence-electron chi connectivity index (χ4n) is 2.63. The van der Waals surface area contributed by atoms with Crippen LogP contribution in [0, 0.1) is 0 Å². The molecule has 0 saturated carbocycles. The van der Waals surface area contributed by atoms with Gasteiger partial charge in [0.15, 0.2) is 0 Å². The molecular weight excluding hydrogens is 382 g/mol. The zero-order chi connectivity index (χ0) is 19.2. The number of carbonyl (C=O) groups excluding carboxylic acids is 2. The van der Waals surface area contributed by atoms with Gasteiger partial charge in [-0.3, -0.25) is 4.79 Å². The van der Waals surface area contributed by atoms with Crippen LogP contribution in [0.2, 0.25) is 0 Å². The fourth-order valence-corrected chi connectivity index (χ4v) is 3.79. The average Bonchev–Trinajstić information content (AvgIpc) is 3.12. The third kappa shape index (κ3) is 4.38. The lowest BCUT2D eigenvalue weighted by Crippen LogP contribution is -2.18. The van der Waals surface area contributed by atoms with Crippen LogP contribution in [0.5, 0.6) is 0 Å². The molecule has 0 aliphatic heterocycles. The average molecular weight is 400 g/mol. The van der Waals surface area contributed by atoms with E-state index in [-0.39, 0.29) is 6.61 Å². The first-order valence-corrected chi connectivity index (χ1v) is 9.77. The van der Waals surface area contributed by atoms with Crippen molar-refractivity contribution < 1.29 is 14.3 Å². The van der Waals surface area contributed by atoms with Gasteiger partial charge in [0.25, 0.3) is 0 Å². The van der Waals surface area contributed by atoms with Gasteiger partial charge < -0.3 is 10.1 Å². The van der Waals surface area contributed by atoms with Gasteiger partial charge in [0.05, 0.1) is 6.61 Å². The quantitative estimate of drug-likeness (QED) is 0.439. The Kier molecular flexibility index (Phi) is 6.27. The van der Waals surface area contributed by atoms with E-state index in [2.05, 4.69) is 5.32 Å². The van der Waals surface area contributed by atoms with Gasteiger partial charge in [0, 0.05) is 10.9 Å². The van der Waals surface area contributed by atoms with Crippen molar-refractivity contribution in [3.63, 3.8) is 0 Å². The number of amides is 1. The van der Waals surface area contributed by atoms with Gasteiger partial charge in [0.2, 0.25) is 5.91 Å². The van der Waals surface area contributed by atoms with Gasteiger partial charge in [-0.25, -0.2) is 4.79 Å². The Morgan fingerprint density at radius 3 is 2.33 bits per heavy atom. The number of ether oxygens (including phenoxy) is 1. The number of hydrogen-bond donors (Lipinski definition) is 1. The summed E-state index contributed by atoms with van der Waals surface area (Å²) in [7, 11) is 0. The lowest BCUT2D eigenvalue weighted by Gasteiger charge is -2.12. The van der Waals surface area contributed by atoms with E-state index < -0.39 is 17.3 Å². The molecule has 1 amide bonds. The standard InChI is InChI=1S/C21H18ClNO3S/c1-2-26-21(25)17-16(14-9-5-3-6-10-14)13-27-20(17)23-19(24)18(22)15-11-7-4-8-12-15/h3-13,18H,2H2,1H3,(H,23,24). The topological polar surface area (TPSA) is 55.4 Å². The fraction of sp³-hybridized carbons (Fsp3) is 0.143. The Balaban J connectivity index is 1.92. The van der Waals surface area contributed by atoms with E-state index in [0.29, 0.717) is 16.1 Å². The molecule has 0 aliphatic rings. The Morgan fingerprint density at radius 1 is 1.07 bits per heavy atom. The van der Waals surface area contributed by atoms with Crippen LogP contribution in [0.3, 0.4) is 0 Å². The van der Waals surface area contributed by atoms with Crippen molar-refractivity contribution in [2.45, 2.75) is 12.3 Å². The van der Waals surface area contributed by atoms with Crippen LogP contribution in [0.15, 0.2) is 66.0 Å². The van der Waals surface area contributed by atoms with Crippen molar-refractivity contribution in [3.8, 4) is 11.1 Å². The van der Waals surface area contributed by atoms with Crippen LogP contribution < -0.4 is 5.32 Å². The molecule has 1 aromatic heterocycles. The molecule has 0 saturated heterocycles. The van der Waals surface area contributed by atoms with Crippen LogP contribution in [0.1, 0.15) is 28.2 Å². The molecule has 3 rings (SSSR count). The van der Waals surface area contributed by atoms with E-state index in [1.54, 1.807) is 19.1 Å². The number of nitrogens with one attached hydrogen (secondary N) is 1. The molecule has 1 atom stereocenters. The summed E-state index contributed by atoms with van der Waals surface area (Å²) in [6.07, 6.45) is 0. The molecule has 1 unspecified atom stereocenters. The Morgan fingerprint density at radius 2 is 1.70 bits per heavy atom. The SMILES string of the molecule is CCOC(=O)c1c(-c2ccccc2)csc1NC(=O)C(Cl)c1ccccc1. The normalized spacial score (nSPS) is 11.6. The monoisotopic (exact) mass is 399 g/mol. The minimum Gasteiger partial charge on any atom is -0.462 e. The number of anilines is 1. The lowest BCUT2D eigenvalue weighted by molar-refractivity contribution is -0.115. The number of benzene rings is 2. The molecule has 4 nitrogen and oxygen atoms in total. The molecule has 0 aliphatic carbocycles. The first kappa shape index (κ1) is 19.1. The number of rotatable bonds is 6. The Labute approximate surface area is 166 Å². The van der Waals surface area contributed by atoms with E-state index in [4.69, 9.17) is 16.3 Å². The lowest BCUT2D eigenvalue weighted by atomic mass is 10.0.